The molecule has 0 atom stereocenters. The molecule has 5 nitrogen and oxygen atoms in total. The van der Waals surface area contributed by atoms with E-state index in [1.165, 1.54) is 38.5 Å². The van der Waals surface area contributed by atoms with Gasteiger partial charge in [-0.3, -0.25) is 9.59 Å². The van der Waals surface area contributed by atoms with Gasteiger partial charge in [0.1, 0.15) is 5.75 Å². The zero-order valence-electron chi connectivity index (χ0n) is 16.0. The SMILES string of the molecule is COc1ccc(CNC(=O)COC(=O)CC23CC4CC(CC(C4)C2)C3)cc1. The lowest BCUT2D eigenvalue weighted by atomic mass is 9.49. The third-order valence-corrected chi connectivity index (χ3v) is 6.70. The lowest BCUT2D eigenvalue weighted by Crippen LogP contribution is -2.47. The highest BCUT2D eigenvalue weighted by Gasteiger charge is 2.51. The van der Waals surface area contributed by atoms with Crippen LogP contribution in [0.3, 0.4) is 0 Å². The fourth-order valence-electron chi connectivity index (χ4n) is 6.00. The number of amides is 1. The Hall–Kier alpha value is -2.04. The minimum Gasteiger partial charge on any atom is -0.497 e. The molecule has 0 spiro atoms. The molecule has 1 aromatic rings. The summed E-state index contributed by atoms with van der Waals surface area (Å²) in [6.07, 6.45) is 8.11. The number of carbonyl (C=O) groups excluding carboxylic acids is 2. The van der Waals surface area contributed by atoms with Gasteiger partial charge in [-0.05, 0) is 79.4 Å². The van der Waals surface area contributed by atoms with E-state index in [0.717, 1.165) is 29.1 Å². The third-order valence-electron chi connectivity index (χ3n) is 6.70. The molecule has 1 amide bonds. The molecule has 4 aliphatic carbocycles. The summed E-state index contributed by atoms with van der Waals surface area (Å²) in [4.78, 5) is 24.4. The first-order valence-corrected chi connectivity index (χ1v) is 10.1. The van der Waals surface area contributed by atoms with Crippen LogP contribution in [0.1, 0.15) is 50.5 Å². The summed E-state index contributed by atoms with van der Waals surface area (Å²) in [6, 6.07) is 7.51. The Morgan fingerprint density at radius 2 is 1.63 bits per heavy atom. The molecular weight excluding hydrogens is 342 g/mol. The zero-order chi connectivity index (χ0) is 18.9. The lowest BCUT2D eigenvalue weighted by molar-refractivity contribution is -0.155. The maximum Gasteiger partial charge on any atom is 0.306 e. The van der Waals surface area contributed by atoms with E-state index in [2.05, 4.69) is 5.32 Å². The molecular formula is C22H29NO4. The number of nitrogens with one attached hydrogen (secondary N) is 1. The van der Waals surface area contributed by atoms with Gasteiger partial charge in [0.25, 0.3) is 5.91 Å². The van der Waals surface area contributed by atoms with Crippen LogP contribution in [0.5, 0.6) is 5.75 Å². The molecule has 27 heavy (non-hydrogen) atoms. The highest BCUT2D eigenvalue weighted by Crippen LogP contribution is 2.61. The molecule has 5 heteroatoms. The fraction of sp³-hybridized carbons (Fsp3) is 0.636. The minimum atomic E-state index is -0.260. The highest BCUT2D eigenvalue weighted by molar-refractivity contribution is 5.80. The van der Waals surface area contributed by atoms with Crippen molar-refractivity contribution in [2.75, 3.05) is 13.7 Å². The molecule has 0 radical (unpaired) electrons. The van der Waals surface area contributed by atoms with Crippen LogP contribution in [0.15, 0.2) is 24.3 Å². The first kappa shape index (κ1) is 18.3. The Balaban J connectivity index is 1.20. The Labute approximate surface area is 160 Å². The second kappa shape index (κ2) is 7.53. The summed E-state index contributed by atoms with van der Waals surface area (Å²) < 4.78 is 10.4. The molecule has 0 unspecified atom stereocenters. The maximum atomic E-state index is 12.4. The molecule has 0 heterocycles. The summed E-state index contributed by atoms with van der Waals surface area (Å²) >= 11 is 0. The van der Waals surface area contributed by atoms with Crippen molar-refractivity contribution in [2.45, 2.75) is 51.5 Å². The van der Waals surface area contributed by atoms with Crippen molar-refractivity contribution in [1.29, 1.82) is 0 Å². The highest BCUT2D eigenvalue weighted by atomic mass is 16.5. The summed E-state index contributed by atoms with van der Waals surface area (Å²) in [5.74, 6) is 2.76. The quantitative estimate of drug-likeness (QED) is 0.746. The molecule has 0 aliphatic heterocycles. The van der Waals surface area contributed by atoms with Crippen LogP contribution >= 0.6 is 0 Å². The summed E-state index contributed by atoms with van der Waals surface area (Å²) in [6.45, 7) is 0.219. The van der Waals surface area contributed by atoms with Crippen LogP contribution in [0.25, 0.3) is 0 Å². The van der Waals surface area contributed by atoms with Crippen LogP contribution in [-0.4, -0.2) is 25.6 Å². The van der Waals surface area contributed by atoms with Gasteiger partial charge in [0, 0.05) is 6.54 Å². The predicted octanol–water partition coefficient (Wildman–Crippen LogP) is 3.46. The van der Waals surface area contributed by atoms with Crippen LogP contribution in [0.2, 0.25) is 0 Å². The average molecular weight is 371 g/mol. The largest absolute Gasteiger partial charge is 0.497 e. The second-order valence-electron chi connectivity index (χ2n) is 8.88. The number of benzene rings is 1. The minimum absolute atomic E-state index is 0.158. The first-order valence-electron chi connectivity index (χ1n) is 10.1. The topological polar surface area (TPSA) is 64.6 Å². The number of rotatable bonds is 7. The predicted molar refractivity (Wildman–Crippen MR) is 101 cm³/mol. The number of ether oxygens (including phenoxy) is 2. The van der Waals surface area contributed by atoms with Gasteiger partial charge in [-0.25, -0.2) is 0 Å². The number of methoxy groups -OCH3 is 1. The van der Waals surface area contributed by atoms with Crippen molar-refractivity contribution >= 4 is 11.9 Å². The fourth-order valence-corrected chi connectivity index (χ4v) is 6.00. The Morgan fingerprint density at radius 1 is 1.04 bits per heavy atom. The van der Waals surface area contributed by atoms with Crippen molar-refractivity contribution in [3.8, 4) is 5.75 Å². The molecule has 4 bridgehead atoms. The van der Waals surface area contributed by atoms with E-state index in [0.29, 0.717) is 13.0 Å². The number of hydrogen-bond donors (Lipinski definition) is 1. The molecule has 146 valence electrons. The van der Waals surface area contributed by atoms with Crippen LogP contribution < -0.4 is 10.1 Å². The summed E-state index contributed by atoms with van der Waals surface area (Å²) in [5, 5.41) is 2.79. The number of esters is 1. The van der Waals surface area contributed by atoms with Crippen LogP contribution in [0, 0.1) is 23.2 Å². The standard InChI is InChI=1S/C22H29NO4/c1-26-19-4-2-15(3-5-19)13-23-20(24)14-27-21(25)12-22-9-16-6-17(10-22)8-18(7-16)11-22/h2-5,16-18H,6-14H2,1H3,(H,23,24). The van der Waals surface area contributed by atoms with Gasteiger partial charge >= 0.3 is 5.97 Å². The Bertz CT molecular complexity index is 661. The van der Waals surface area contributed by atoms with E-state index in [9.17, 15) is 9.59 Å². The van der Waals surface area contributed by atoms with E-state index in [-0.39, 0.29) is 23.9 Å². The number of hydrogen-bond acceptors (Lipinski definition) is 4. The monoisotopic (exact) mass is 371 g/mol. The van der Waals surface area contributed by atoms with Gasteiger partial charge in [0.2, 0.25) is 0 Å². The van der Waals surface area contributed by atoms with E-state index in [1.54, 1.807) is 7.11 Å². The van der Waals surface area contributed by atoms with Gasteiger partial charge in [0.05, 0.1) is 13.5 Å². The Morgan fingerprint density at radius 3 is 2.19 bits per heavy atom. The van der Waals surface area contributed by atoms with Crippen molar-refractivity contribution in [3.05, 3.63) is 29.8 Å². The summed E-state index contributed by atoms with van der Waals surface area (Å²) in [7, 11) is 1.62. The first-order chi connectivity index (χ1) is 13.0. The molecule has 5 rings (SSSR count). The molecule has 4 aliphatic rings. The normalized spacial score (nSPS) is 30.8. The number of carbonyl (C=O) groups is 2. The van der Waals surface area contributed by atoms with Gasteiger partial charge in [-0.1, -0.05) is 12.1 Å². The third kappa shape index (κ3) is 4.28. The summed E-state index contributed by atoms with van der Waals surface area (Å²) in [5.41, 5.74) is 1.13. The van der Waals surface area contributed by atoms with Gasteiger partial charge < -0.3 is 14.8 Å². The lowest BCUT2D eigenvalue weighted by Gasteiger charge is -2.56. The molecule has 1 aromatic carbocycles. The van der Waals surface area contributed by atoms with Gasteiger partial charge in [-0.2, -0.15) is 0 Å². The average Bonchev–Trinajstić information content (AvgIpc) is 2.63. The van der Waals surface area contributed by atoms with E-state index >= 15 is 0 Å². The van der Waals surface area contributed by atoms with Crippen molar-refractivity contribution in [1.82, 2.24) is 5.32 Å². The van der Waals surface area contributed by atoms with Crippen molar-refractivity contribution < 1.29 is 19.1 Å². The Kier molecular flexibility index (Phi) is 5.11. The van der Waals surface area contributed by atoms with E-state index < -0.39 is 0 Å². The van der Waals surface area contributed by atoms with Crippen molar-refractivity contribution in [2.24, 2.45) is 23.2 Å². The molecule has 0 aromatic heterocycles. The molecule has 4 saturated carbocycles. The zero-order valence-corrected chi connectivity index (χ0v) is 16.0. The second-order valence-corrected chi connectivity index (χ2v) is 8.88. The van der Waals surface area contributed by atoms with Crippen LogP contribution in [-0.2, 0) is 20.9 Å². The van der Waals surface area contributed by atoms with Gasteiger partial charge in [0.15, 0.2) is 6.61 Å². The van der Waals surface area contributed by atoms with E-state index in [4.69, 9.17) is 9.47 Å². The maximum absolute atomic E-state index is 12.4. The van der Waals surface area contributed by atoms with E-state index in [1.807, 2.05) is 24.3 Å². The van der Waals surface area contributed by atoms with Crippen molar-refractivity contribution in [3.63, 3.8) is 0 Å². The molecule has 4 fully saturated rings. The molecule has 0 saturated heterocycles. The molecule has 1 N–H and O–H groups in total. The van der Waals surface area contributed by atoms with Crippen LogP contribution in [0.4, 0.5) is 0 Å². The van der Waals surface area contributed by atoms with Gasteiger partial charge in [-0.15, -0.1) is 0 Å². The smallest absolute Gasteiger partial charge is 0.306 e.